The average Bonchev–Trinajstić information content (AvgIpc) is 2.25. The van der Waals surface area contributed by atoms with Crippen molar-refractivity contribution in [3.05, 3.63) is 23.8 Å². The van der Waals surface area contributed by atoms with Crippen molar-refractivity contribution in [3.8, 4) is 11.5 Å². The lowest BCUT2D eigenvalue weighted by Gasteiger charge is -2.15. The van der Waals surface area contributed by atoms with Gasteiger partial charge in [-0.15, -0.1) is 25.6 Å². The Bertz CT molecular complexity index is 387. The van der Waals surface area contributed by atoms with E-state index in [1.165, 1.54) is 13.2 Å². The van der Waals surface area contributed by atoms with Crippen LogP contribution >= 0.6 is 12.4 Å². The zero-order valence-electron chi connectivity index (χ0n) is 9.33. The van der Waals surface area contributed by atoms with E-state index >= 15 is 0 Å². The molecule has 104 valence electrons. The number of hydrogen-bond acceptors (Lipinski definition) is 3. The second kappa shape index (κ2) is 6.65. The van der Waals surface area contributed by atoms with E-state index in [9.17, 15) is 17.6 Å². The summed E-state index contributed by atoms with van der Waals surface area (Å²) in [7, 11) is 1.25. The number of halogens is 5. The number of rotatable bonds is 4. The monoisotopic (exact) mass is 289 g/mol. The van der Waals surface area contributed by atoms with Crippen LogP contribution in [0, 0.1) is 0 Å². The van der Waals surface area contributed by atoms with Gasteiger partial charge in [0.25, 0.3) is 0 Å². The molecule has 0 bridgehead atoms. The minimum Gasteiger partial charge on any atom is -0.496 e. The minimum atomic E-state index is -4.78. The van der Waals surface area contributed by atoms with Gasteiger partial charge in [-0.1, -0.05) is 0 Å². The first-order valence-corrected chi connectivity index (χ1v) is 4.62. The lowest BCUT2D eigenvalue weighted by Crippen LogP contribution is -2.18. The van der Waals surface area contributed by atoms with Crippen LogP contribution in [0.5, 0.6) is 11.5 Å². The fourth-order valence-electron chi connectivity index (χ4n) is 1.28. The van der Waals surface area contributed by atoms with Gasteiger partial charge in [0.2, 0.25) is 0 Å². The van der Waals surface area contributed by atoms with Crippen LogP contribution in [0.2, 0.25) is 0 Å². The van der Waals surface area contributed by atoms with Crippen LogP contribution in [-0.4, -0.2) is 20.1 Å². The van der Waals surface area contributed by atoms with Crippen molar-refractivity contribution < 1.29 is 27.0 Å². The predicted molar refractivity (Wildman–Crippen MR) is 59.8 cm³/mol. The summed E-state index contributed by atoms with van der Waals surface area (Å²) in [5, 5.41) is 0. The summed E-state index contributed by atoms with van der Waals surface area (Å²) in [6.45, 7) is -0.837. The maximum atomic E-state index is 12.4. The van der Waals surface area contributed by atoms with E-state index in [0.29, 0.717) is 0 Å². The molecule has 18 heavy (non-hydrogen) atoms. The van der Waals surface area contributed by atoms with Crippen LogP contribution in [0.15, 0.2) is 18.2 Å². The first-order valence-electron chi connectivity index (χ1n) is 4.62. The fourth-order valence-corrected chi connectivity index (χ4v) is 1.28. The summed E-state index contributed by atoms with van der Waals surface area (Å²) < 4.78 is 56.8. The number of nitrogens with two attached hydrogens (primary N) is 1. The van der Waals surface area contributed by atoms with Gasteiger partial charge in [0.15, 0.2) is 0 Å². The number of hydrogen-bond donors (Lipinski definition) is 1. The summed E-state index contributed by atoms with van der Waals surface area (Å²) in [5.41, 5.74) is 5.71. The molecule has 0 aliphatic rings. The van der Waals surface area contributed by atoms with Gasteiger partial charge in [0.1, 0.15) is 18.2 Å². The van der Waals surface area contributed by atoms with Gasteiger partial charge in [-0.2, -0.15) is 0 Å². The van der Waals surface area contributed by atoms with Gasteiger partial charge >= 0.3 is 6.36 Å². The zero-order chi connectivity index (χ0) is 13.1. The highest BCUT2D eigenvalue weighted by molar-refractivity contribution is 5.85. The predicted octanol–water partition coefficient (Wildman–Crippen LogP) is 2.98. The van der Waals surface area contributed by atoms with Gasteiger partial charge in [0, 0.05) is 11.6 Å². The molecule has 3 nitrogen and oxygen atoms in total. The molecule has 0 aliphatic carbocycles. The van der Waals surface area contributed by atoms with Crippen molar-refractivity contribution in [3.63, 3.8) is 0 Å². The largest absolute Gasteiger partial charge is 0.573 e. The summed E-state index contributed by atoms with van der Waals surface area (Å²) in [6, 6.07) is 2.37. The van der Waals surface area contributed by atoms with Crippen LogP contribution in [0.3, 0.4) is 0 Å². The molecule has 1 rings (SSSR count). The lowest BCUT2D eigenvalue weighted by molar-refractivity contribution is -0.274. The molecule has 1 atom stereocenters. The standard InChI is InChI=1S/C10H11F4NO2.ClH/c1-16-9-4-6(17-10(12,13)14)2-3-7(9)8(15)5-11;/h2-4,8H,5,15H2,1H3;1H/t8-;/m1./s1. The molecular weight excluding hydrogens is 278 g/mol. The highest BCUT2D eigenvalue weighted by atomic mass is 35.5. The maximum Gasteiger partial charge on any atom is 0.573 e. The molecule has 0 spiro atoms. The van der Waals surface area contributed by atoms with Crippen LogP contribution in [0.4, 0.5) is 17.6 Å². The lowest BCUT2D eigenvalue weighted by atomic mass is 10.1. The Hall–Kier alpha value is -1.21. The van der Waals surface area contributed by atoms with E-state index in [-0.39, 0.29) is 23.7 Å². The summed E-state index contributed by atoms with van der Waals surface area (Å²) in [5.74, 6) is -0.388. The summed E-state index contributed by atoms with van der Waals surface area (Å²) in [6.07, 6.45) is -4.78. The third-order valence-electron chi connectivity index (χ3n) is 2.00. The van der Waals surface area contributed by atoms with Crippen molar-refractivity contribution in [2.45, 2.75) is 12.4 Å². The van der Waals surface area contributed by atoms with E-state index < -0.39 is 24.8 Å². The van der Waals surface area contributed by atoms with Crippen LogP contribution in [0.1, 0.15) is 11.6 Å². The second-order valence-corrected chi connectivity index (χ2v) is 3.21. The Morgan fingerprint density at radius 3 is 2.39 bits per heavy atom. The topological polar surface area (TPSA) is 44.5 Å². The molecule has 0 amide bonds. The zero-order valence-corrected chi connectivity index (χ0v) is 10.1. The first kappa shape index (κ1) is 16.8. The Labute approximate surface area is 107 Å². The summed E-state index contributed by atoms with van der Waals surface area (Å²) >= 11 is 0. The Morgan fingerprint density at radius 1 is 1.33 bits per heavy atom. The van der Waals surface area contributed by atoms with Crippen molar-refractivity contribution in [2.24, 2.45) is 5.73 Å². The van der Waals surface area contributed by atoms with Crippen molar-refractivity contribution in [1.29, 1.82) is 0 Å². The average molecular weight is 290 g/mol. The Morgan fingerprint density at radius 2 is 1.94 bits per heavy atom. The van der Waals surface area contributed by atoms with Crippen molar-refractivity contribution in [1.82, 2.24) is 0 Å². The Kier molecular flexibility index (Phi) is 6.20. The fraction of sp³-hybridized carbons (Fsp3) is 0.400. The molecular formula is C10H12ClF4NO2. The van der Waals surface area contributed by atoms with Gasteiger partial charge in [0.05, 0.1) is 13.2 Å². The molecule has 0 fully saturated rings. The van der Waals surface area contributed by atoms with E-state index in [1.807, 2.05) is 0 Å². The summed E-state index contributed by atoms with van der Waals surface area (Å²) in [4.78, 5) is 0. The van der Waals surface area contributed by atoms with E-state index in [0.717, 1.165) is 12.1 Å². The van der Waals surface area contributed by atoms with Crippen LogP contribution in [-0.2, 0) is 0 Å². The Balaban J connectivity index is 0.00000289. The van der Waals surface area contributed by atoms with E-state index in [2.05, 4.69) is 4.74 Å². The third kappa shape index (κ3) is 4.58. The van der Waals surface area contributed by atoms with Crippen molar-refractivity contribution in [2.75, 3.05) is 13.8 Å². The molecule has 0 heterocycles. The number of benzene rings is 1. The SMILES string of the molecule is COc1cc(OC(F)(F)F)ccc1[C@H](N)CF.Cl. The minimum absolute atomic E-state index is 0. The molecule has 1 aromatic carbocycles. The molecule has 0 saturated heterocycles. The van der Waals surface area contributed by atoms with Gasteiger partial charge in [-0.25, -0.2) is 4.39 Å². The third-order valence-corrected chi connectivity index (χ3v) is 2.00. The number of methoxy groups -OCH3 is 1. The molecule has 0 aromatic heterocycles. The first-order chi connectivity index (χ1) is 7.87. The molecule has 0 saturated carbocycles. The molecule has 0 unspecified atom stereocenters. The molecule has 0 aliphatic heterocycles. The molecule has 8 heteroatoms. The van der Waals surface area contributed by atoms with Gasteiger partial charge < -0.3 is 15.2 Å². The molecule has 0 radical (unpaired) electrons. The van der Waals surface area contributed by atoms with E-state index in [1.54, 1.807) is 0 Å². The van der Waals surface area contributed by atoms with Crippen LogP contribution in [0.25, 0.3) is 0 Å². The smallest absolute Gasteiger partial charge is 0.496 e. The number of ether oxygens (including phenoxy) is 2. The second-order valence-electron chi connectivity index (χ2n) is 3.21. The molecule has 2 N–H and O–H groups in total. The van der Waals surface area contributed by atoms with E-state index in [4.69, 9.17) is 10.5 Å². The van der Waals surface area contributed by atoms with Crippen LogP contribution < -0.4 is 15.2 Å². The number of alkyl halides is 4. The molecule has 1 aromatic rings. The normalized spacial score (nSPS) is 12.6. The maximum absolute atomic E-state index is 12.4. The highest BCUT2D eigenvalue weighted by Gasteiger charge is 2.31. The van der Waals surface area contributed by atoms with Gasteiger partial charge in [-0.05, 0) is 12.1 Å². The highest BCUT2D eigenvalue weighted by Crippen LogP contribution is 2.31. The van der Waals surface area contributed by atoms with Gasteiger partial charge in [-0.3, -0.25) is 0 Å². The van der Waals surface area contributed by atoms with Crippen molar-refractivity contribution >= 4 is 12.4 Å². The quantitative estimate of drug-likeness (QED) is 0.867.